The molecule has 0 saturated carbocycles. The first-order valence-electron chi connectivity index (χ1n) is 11.5. The molecule has 0 atom stereocenters. The van der Waals surface area contributed by atoms with Gasteiger partial charge in [0.2, 0.25) is 0 Å². The van der Waals surface area contributed by atoms with Gasteiger partial charge in [-0.25, -0.2) is 0 Å². The molecule has 0 unspecified atom stereocenters. The van der Waals surface area contributed by atoms with Crippen molar-refractivity contribution in [2.75, 3.05) is 6.54 Å². The molecular formula is C29H27ClN4O2. The molecule has 0 fully saturated rings. The minimum absolute atomic E-state index is 0.224. The van der Waals surface area contributed by atoms with Gasteiger partial charge in [0.25, 0.3) is 5.91 Å². The zero-order chi connectivity index (χ0) is 25.3. The van der Waals surface area contributed by atoms with Crippen molar-refractivity contribution >= 4 is 23.3 Å². The van der Waals surface area contributed by atoms with Crippen LogP contribution >= 0.6 is 11.6 Å². The Morgan fingerprint density at radius 3 is 2.19 bits per heavy atom. The van der Waals surface area contributed by atoms with Crippen LogP contribution in [0.1, 0.15) is 27.0 Å². The Morgan fingerprint density at radius 2 is 1.53 bits per heavy atom. The Labute approximate surface area is 215 Å². The number of ether oxygens (including phenoxy) is 1. The Balaban J connectivity index is 1.34. The third kappa shape index (κ3) is 6.43. The summed E-state index contributed by atoms with van der Waals surface area (Å²) in [6.07, 6.45) is 0.690. The summed E-state index contributed by atoms with van der Waals surface area (Å²) in [6, 6.07) is 30.8. The predicted octanol–water partition coefficient (Wildman–Crippen LogP) is 5.14. The minimum Gasteiger partial charge on any atom is -0.488 e. The van der Waals surface area contributed by atoms with E-state index in [0.29, 0.717) is 41.7 Å². The van der Waals surface area contributed by atoms with E-state index >= 15 is 0 Å². The van der Waals surface area contributed by atoms with Crippen molar-refractivity contribution in [3.63, 3.8) is 0 Å². The minimum atomic E-state index is -0.224. The standard InChI is InChI=1S/C29H27ClN4O2/c30-25-14-15-27(36-19-21-4-2-1-3-5-21)26(18-25)29(35)33-17-16-20-6-8-22(9-7-20)23-10-12-24(13-11-23)28(31)34-32/h1-15,18H,16-17,19,32H2,(H2,31,34)(H,33,35). The molecule has 0 aliphatic carbocycles. The molecular weight excluding hydrogens is 472 g/mol. The zero-order valence-electron chi connectivity index (χ0n) is 19.7. The Bertz CT molecular complexity index is 1340. The van der Waals surface area contributed by atoms with E-state index in [-0.39, 0.29) is 5.91 Å². The van der Waals surface area contributed by atoms with Crippen LogP contribution in [0.3, 0.4) is 0 Å². The number of hydrazone groups is 1. The van der Waals surface area contributed by atoms with Gasteiger partial charge in [-0.1, -0.05) is 90.5 Å². The average Bonchev–Trinajstić information content (AvgIpc) is 2.93. The van der Waals surface area contributed by atoms with Gasteiger partial charge in [0, 0.05) is 17.1 Å². The van der Waals surface area contributed by atoms with Gasteiger partial charge in [-0.05, 0) is 46.9 Å². The van der Waals surface area contributed by atoms with Crippen molar-refractivity contribution in [3.05, 3.63) is 124 Å². The van der Waals surface area contributed by atoms with E-state index in [1.165, 1.54) is 0 Å². The number of carbonyl (C=O) groups excluding carboxylic acids is 1. The van der Waals surface area contributed by atoms with Crippen molar-refractivity contribution in [2.24, 2.45) is 16.7 Å². The molecule has 6 nitrogen and oxygen atoms in total. The van der Waals surface area contributed by atoms with E-state index in [4.69, 9.17) is 27.9 Å². The SMILES string of the molecule is N/N=C(\N)c1ccc(-c2ccc(CCNC(=O)c3cc(Cl)ccc3OCc3ccccc3)cc2)cc1. The molecule has 4 aromatic rings. The van der Waals surface area contributed by atoms with Gasteiger partial charge in [-0.15, -0.1) is 0 Å². The highest BCUT2D eigenvalue weighted by Gasteiger charge is 2.13. The summed E-state index contributed by atoms with van der Waals surface area (Å²) in [5.41, 5.74) is 11.2. The quantitative estimate of drug-likeness (QED) is 0.129. The van der Waals surface area contributed by atoms with E-state index in [0.717, 1.165) is 27.8 Å². The molecule has 4 aromatic carbocycles. The normalized spacial score (nSPS) is 11.2. The summed E-state index contributed by atoms with van der Waals surface area (Å²) in [6.45, 7) is 0.848. The lowest BCUT2D eigenvalue weighted by Gasteiger charge is -2.13. The number of halogens is 1. The first kappa shape index (κ1) is 24.8. The smallest absolute Gasteiger partial charge is 0.255 e. The molecule has 4 rings (SSSR count). The van der Waals surface area contributed by atoms with Gasteiger partial charge in [0.1, 0.15) is 18.2 Å². The molecule has 36 heavy (non-hydrogen) atoms. The molecule has 0 bridgehead atoms. The fourth-order valence-corrected chi connectivity index (χ4v) is 3.90. The summed E-state index contributed by atoms with van der Waals surface area (Å²) in [5, 5.41) is 6.97. The summed E-state index contributed by atoms with van der Waals surface area (Å²) in [7, 11) is 0. The summed E-state index contributed by atoms with van der Waals surface area (Å²) < 4.78 is 5.91. The number of hydrogen-bond donors (Lipinski definition) is 3. The number of carbonyl (C=O) groups is 1. The number of nitrogens with zero attached hydrogens (tertiary/aromatic N) is 1. The molecule has 0 aliphatic rings. The van der Waals surface area contributed by atoms with Crippen molar-refractivity contribution in [1.82, 2.24) is 5.32 Å². The first-order chi connectivity index (χ1) is 17.5. The maximum atomic E-state index is 12.9. The van der Waals surface area contributed by atoms with Crippen molar-refractivity contribution < 1.29 is 9.53 Å². The predicted molar refractivity (Wildman–Crippen MR) is 145 cm³/mol. The molecule has 182 valence electrons. The van der Waals surface area contributed by atoms with Gasteiger partial charge in [-0.2, -0.15) is 5.10 Å². The van der Waals surface area contributed by atoms with Crippen LogP contribution in [0.15, 0.2) is 102 Å². The largest absolute Gasteiger partial charge is 0.488 e. The molecule has 1 amide bonds. The number of nitrogens with two attached hydrogens (primary N) is 2. The summed E-state index contributed by atoms with van der Waals surface area (Å²) in [5.74, 6) is 5.80. The van der Waals surface area contributed by atoms with Crippen molar-refractivity contribution in [2.45, 2.75) is 13.0 Å². The van der Waals surface area contributed by atoms with Gasteiger partial charge >= 0.3 is 0 Å². The number of amides is 1. The van der Waals surface area contributed by atoms with Crippen LogP contribution in [0, 0.1) is 0 Å². The van der Waals surface area contributed by atoms with Crippen molar-refractivity contribution in [3.8, 4) is 16.9 Å². The van der Waals surface area contributed by atoms with Gasteiger partial charge in [0.15, 0.2) is 0 Å². The third-order valence-corrected chi connectivity index (χ3v) is 5.96. The van der Waals surface area contributed by atoms with Crippen LogP contribution in [0.25, 0.3) is 11.1 Å². The van der Waals surface area contributed by atoms with Gasteiger partial charge in [-0.3, -0.25) is 4.79 Å². The molecule has 0 radical (unpaired) electrons. The maximum absolute atomic E-state index is 12.9. The maximum Gasteiger partial charge on any atom is 0.255 e. The molecule has 0 saturated heterocycles. The number of nitrogens with one attached hydrogen (secondary N) is 1. The van der Waals surface area contributed by atoms with E-state index in [1.54, 1.807) is 18.2 Å². The van der Waals surface area contributed by atoms with E-state index in [1.807, 2.05) is 54.6 Å². The zero-order valence-corrected chi connectivity index (χ0v) is 20.4. The molecule has 0 aliphatic heterocycles. The van der Waals surface area contributed by atoms with Crippen LogP contribution in [0.5, 0.6) is 5.75 Å². The highest BCUT2D eigenvalue weighted by molar-refractivity contribution is 6.31. The van der Waals surface area contributed by atoms with E-state index < -0.39 is 0 Å². The first-order valence-corrected chi connectivity index (χ1v) is 11.9. The number of rotatable bonds is 9. The third-order valence-electron chi connectivity index (χ3n) is 5.73. The number of benzene rings is 4. The lowest BCUT2D eigenvalue weighted by molar-refractivity contribution is 0.0949. The van der Waals surface area contributed by atoms with Gasteiger partial charge < -0.3 is 21.6 Å². The monoisotopic (exact) mass is 498 g/mol. The topological polar surface area (TPSA) is 103 Å². The van der Waals surface area contributed by atoms with Crippen LogP contribution in [0.2, 0.25) is 5.02 Å². The fraction of sp³-hybridized carbons (Fsp3) is 0.103. The molecule has 0 spiro atoms. The van der Waals surface area contributed by atoms with Crippen LogP contribution < -0.4 is 21.6 Å². The van der Waals surface area contributed by atoms with E-state index in [9.17, 15) is 4.79 Å². The lowest BCUT2D eigenvalue weighted by Crippen LogP contribution is -2.26. The van der Waals surface area contributed by atoms with Crippen LogP contribution in [-0.4, -0.2) is 18.3 Å². The highest BCUT2D eigenvalue weighted by Crippen LogP contribution is 2.24. The van der Waals surface area contributed by atoms with Gasteiger partial charge in [0.05, 0.1) is 5.56 Å². The summed E-state index contributed by atoms with van der Waals surface area (Å²) in [4.78, 5) is 12.9. The average molecular weight is 499 g/mol. The van der Waals surface area contributed by atoms with Crippen LogP contribution in [0.4, 0.5) is 0 Å². The number of amidine groups is 1. The van der Waals surface area contributed by atoms with E-state index in [2.05, 4.69) is 34.7 Å². The number of hydrogen-bond acceptors (Lipinski definition) is 4. The Morgan fingerprint density at radius 1 is 0.861 bits per heavy atom. The second-order valence-corrected chi connectivity index (χ2v) is 8.65. The summed E-state index contributed by atoms with van der Waals surface area (Å²) >= 11 is 6.15. The van der Waals surface area contributed by atoms with Crippen molar-refractivity contribution in [1.29, 1.82) is 0 Å². The second kappa shape index (κ2) is 11.9. The molecule has 7 heteroatoms. The fourth-order valence-electron chi connectivity index (χ4n) is 3.73. The Hall–Kier alpha value is -4.29. The Kier molecular flexibility index (Phi) is 8.21. The lowest BCUT2D eigenvalue weighted by atomic mass is 10.0. The highest BCUT2D eigenvalue weighted by atomic mass is 35.5. The second-order valence-electron chi connectivity index (χ2n) is 8.21. The molecule has 0 heterocycles. The molecule has 0 aromatic heterocycles. The van der Waals surface area contributed by atoms with Crippen LogP contribution in [-0.2, 0) is 13.0 Å². The molecule has 5 N–H and O–H groups in total.